The molecule has 2 rings (SSSR count). The third-order valence-electron chi connectivity index (χ3n) is 3.95. The van der Waals surface area contributed by atoms with Crippen molar-refractivity contribution in [1.29, 1.82) is 0 Å². The topological polar surface area (TPSA) is 78.4 Å². The average Bonchev–Trinajstić information content (AvgIpc) is 2.87. The summed E-state index contributed by atoms with van der Waals surface area (Å²) >= 11 is 0. The van der Waals surface area contributed by atoms with Crippen molar-refractivity contribution in [3.63, 3.8) is 0 Å². The number of carboxylic acids is 1. The third kappa shape index (κ3) is 3.97. The molecular weight excluding hydrogens is 268 g/mol. The molecule has 1 aromatic rings. The van der Waals surface area contributed by atoms with Crippen LogP contribution < -0.4 is 10.6 Å². The van der Waals surface area contributed by atoms with Crippen molar-refractivity contribution in [1.82, 2.24) is 5.32 Å². The first-order valence-electron chi connectivity index (χ1n) is 7.36. The van der Waals surface area contributed by atoms with E-state index < -0.39 is 5.97 Å². The van der Waals surface area contributed by atoms with E-state index >= 15 is 0 Å². The molecule has 2 unspecified atom stereocenters. The highest BCUT2D eigenvalue weighted by atomic mass is 16.4. The van der Waals surface area contributed by atoms with Crippen molar-refractivity contribution in [3.05, 3.63) is 29.8 Å². The van der Waals surface area contributed by atoms with Gasteiger partial charge in [0.05, 0.1) is 5.92 Å². The number of para-hydroxylation sites is 1. The number of amides is 2. The number of carbonyl (C=O) groups is 2. The molecule has 21 heavy (non-hydrogen) atoms. The van der Waals surface area contributed by atoms with E-state index in [0.717, 1.165) is 17.7 Å². The first kappa shape index (κ1) is 15.4. The number of hydrogen-bond donors (Lipinski definition) is 3. The van der Waals surface area contributed by atoms with Gasteiger partial charge in [-0.25, -0.2) is 4.79 Å². The zero-order valence-corrected chi connectivity index (χ0v) is 12.4. The molecule has 2 atom stereocenters. The lowest BCUT2D eigenvalue weighted by Gasteiger charge is -2.16. The number of rotatable bonds is 4. The largest absolute Gasteiger partial charge is 0.481 e. The number of aliphatic carboxylic acids is 1. The normalized spacial score (nSPS) is 21.3. The number of carbonyl (C=O) groups excluding carboxylic acids is 1. The highest BCUT2D eigenvalue weighted by molar-refractivity contribution is 5.90. The van der Waals surface area contributed by atoms with E-state index in [4.69, 9.17) is 5.11 Å². The summed E-state index contributed by atoms with van der Waals surface area (Å²) in [5.74, 6) is -0.785. The molecule has 2 amide bonds. The van der Waals surface area contributed by atoms with Crippen molar-refractivity contribution >= 4 is 17.7 Å². The van der Waals surface area contributed by atoms with Crippen molar-refractivity contribution in [2.24, 2.45) is 5.92 Å². The summed E-state index contributed by atoms with van der Waals surface area (Å²) in [4.78, 5) is 23.0. The number of benzene rings is 1. The molecule has 5 heteroatoms. The van der Waals surface area contributed by atoms with Gasteiger partial charge in [0, 0.05) is 11.7 Å². The Labute approximate surface area is 124 Å². The maximum Gasteiger partial charge on any atom is 0.319 e. The van der Waals surface area contributed by atoms with Gasteiger partial charge in [0.1, 0.15) is 0 Å². The molecule has 1 aliphatic carbocycles. The lowest BCUT2D eigenvalue weighted by molar-refractivity contribution is -0.141. The molecule has 1 aromatic carbocycles. The first-order valence-corrected chi connectivity index (χ1v) is 7.36. The van der Waals surface area contributed by atoms with Crippen LogP contribution in [0.4, 0.5) is 10.5 Å². The van der Waals surface area contributed by atoms with Crippen LogP contribution in [-0.4, -0.2) is 23.1 Å². The summed E-state index contributed by atoms with van der Waals surface area (Å²) in [5.41, 5.74) is 1.89. The van der Waals surface area contributed by atoms with Gasteiger partial charge < -0.3 is 15.7 Å². The molecule has 0 spiro atoms. The lowest BCUT2D eigenvalue weighted by atomic mass is 10.0. The van der Waals surface area contributed by atoms with E-state index in [9.17, 15) is 9.59 Å². The standard InChI is InChI=1S/C16H22N2O3/c1-10(2)13-5-3-4-6-14(13)18-16(21)17-12-8-7-11(9-12)15(19)20/h3-6,10-12H,7-9H2,1-2H3,(H,19,20)(H2,17,18,21). The zero-order chi connectivity index (χ0) is 15.4. The second-order valence-electron chi connectivity index (χ2n) is 5.89. The number of hydrogen-bond acceptors (Lipinski definition) is 2. The molecule has 0 aromatic heterocycles. The zero-order valence-electron chi connectivity index (χ0n) is 12.4. The fraction of sp³-hybridized carbons (Fsp3) is 0.500. The Morgan fingerprint density at radius 1 is 1.24 bits per heavy atom. The van der Waals surface area contributed by atoms with Crippen LogP contribution in [0, 0.1) is 5.92 Å². The fourth-order valence-electron chi connectivity index (χ4n) is 2.79. The Hall–Kier alpha value is -2.04. The van der Waals surface area contributed by atoms with Crippen LogP contribution in [0.2, 0.25) is 0 Å². The monoisotopic (exact) mass is 290 g/mol. The molecular formula is C16H22N2O3. The molecule has 0 radical (unpaired) electrons. The smallest absolute Gasteiger partial charge is 0.319 e. The minimum atomic E-state index is -0.773. The van der Waals surface area contributed by atoms with Crippen LogP contribution >= 0.6 is 0 Å². The number of urea groups is 1. The molecule has 1 fully saturated rings. The Balaban J connectivity index is 1.93. The van der Waals surface area contributed by atoms with Gasteiger partial charge in [0.15, 0.2) is 0 Å². The second-order valence-corrected chi connectivity index (χ2v) is 5.89. The molecule has 5 nitrogen and oxygen atoms in total. The molecule has 114 valence electrons. The number of carboxylic acid groups (broad SMARTS) is 1. The number of nitrogens with one attached hydrogen (secondary N) is 2. The Kier molecular flexibility index (Phi) is 4.83. The molecule has 0 aliphatic heterocycles. The summed E-state index contributed by atoms with van der Waals surface area (Å²) in [6, 6.07) is 7.39. The first-order chi connectivity index (χ1) is 9.97. The van der Waals surface area contributed by atoms with Gasteiger partial charge in [-0.05, 0) is 36.8 Å². The van der Waals surface area contributed by atoms with E-state index in [1.807, 2.05) is 24.3 Å². The minimum absolute atomic E-state index is 0.0580. The van der Waals surface area contributed by atoms with Gasteiger partial charge in [-0.2, -0.15) is 0 Å². The van der Waals surface area contributed by atoms with Crippen molar-refractivity contribution in [2.75, 3.05) is 5.32 Å². The van der Waals surface area contributed by atoms with Crippen LogP contribution in [0.25, 0.3) is 0 Å². The van der Waals surface area contributed by atoms with Crippen molar-refractivity contribution < 1.29 is 14.7 Å². The maximum atomic E-state index is 12.1. The van der Waals surface area contributed by atoms with Crippen LogP contribution in [0.3, 0.4) is 0 Å². The van der Waals surface area contributed by atoms with Crippen LogP contribution in [-0.2, 0) is 4.79 Å². The van der Waals surface area contributed by atoms with Gasteiger partial charge >= 0.3 is 12.0 Å². The van der Waals surface area contributed by atoms with E-state index in [1.165, 1.54) is 0 Å². The lowest BCUT2D eigenvalue weighted by Crippen LogP contribution is -2.37. The highest BCUT2D eigenvalue weighted by Crippen LogP contribution is 2.26. The van der Waals surface area contributed by atoms with E-state index in [1.54, 1.807) is 0 Å². The Morgan fingerprint density at radius 2 is 1.95 bits per heavy atom. The molecule has 0 heterocycles. The summed E-state index contributed by atoms with van der Waals surface area (Å²) in [6.07, 6.45) is 1.85. The predicted octanol–water partition coefficient (Wildman–Crippen LogP) is 3.18. The van der Waals surface area contributed by atoms with E-state index in [-0.39, 0.29) is 18.0 Å². The van der Waals surface area contributed by atoms with Crippen molar-refractivity contribution in [3.8, 4) is 0 Å². The summed E-state index contributed by atoms with van der Waals surface area (Å²) in [6.45, 7) is 4.15. The maximum absolute atomic E-state index is 12.1. The number of anilines is 1. The van der Waals surface area contributed by atoms with E-state index in [0.29, 0.717) is 18.8 Å². The van der Waals surface area contributed by atoms with Crippen molar-refractivity contribution in [2.45, 2.75) is 45.1 Å². The van der Waals surface area contributed by atoms with E-state index in [2.05, 4.69) is 24.5 Å². The fourth-order valence-corrected chi connectivity index (χ4v) is 2.79. The summed E-state index contributed by atoms with van der Waals surface area (Å²) in [5, 5.41) is 14.7. The Morgan fingerprint density at radius 3 is 2.57 bits per heavy atom. The predicted molar refractivity (Wildman–Crippen MR) is 81.5 cm³/mol. The van der Waals surface area contributed by atoms with Crippen LogP contribution in [0.1, 0.15) is 44.6 Å². The summed E-state index contributed by atoms with van der Waals surface area (Å²) in [7, 11) is 0. The molecule has 3 N–H and O–H groups in total. The molecule has 1 aliphatic rings. The average molecular weight is 290 g/mol. The molecule has 0 saturated heterocycles. The Bertz CT molecular complexity index is 528. The molecule has 0 bridgehead atoms. The van der Waals surface area contributed by atoms with Gasteiger partial charge in [-0.3, -0.25) is 4.79 Å². The quantitative estimate of drug-likeness (QED) is 0.797. The van der Waals surface area contributed by atoms with Crippen LogP contribution in [0.5, 0.6) is 0 Å². The SMILES string of the molecule is CC(C)c1ccccc1NC(=O)NC1CCC(C(=O)O)C1. The molecule has 1 saturated carbocycles. The van der Waals surface area contributed by atoms with Gasteiger partial charge in [0.2, 0.25) is 0 Å². The minimum Gasteiger partial charge on any atom is -0.481 e. The highest BCUT2D eigenvalue weighted by Gasteiger charge is 2.30. The van der Waals surface area contributed by atoms with Crippen LogP contribution in [0.15, 0.2) is 24.3 Å². The summed E-state index contributed by atoms with van der Waals surface area (Å²) < 4.78 is 0. The van der Waals surface area contributed by atoms with Gasteiger partial charge in [-0.15, -0.1) is 0 Å². The second kappa shape index (κ2) is 6.61. The third-order valence-corrected chi connectivity index (χ3v) is 3.95. The van der Waals surface area contributed by atoms with Gasteiger partial charge in [-0.1, -0.05) is 32.0 Å². The van der Waals surface area contributed by atoms with Gasteiger partial charge in [0.25, 0.3) is 0 Å².